The summed E-state index contributed by atoms with van der Waals surface area (Å²) >= 11 is 3.44. The largest absolute Gasteiger partial charge is 0.467 e. The maximum Gasteiger partial charge on any atom is 0.188 e. The van der Waals surface area contributed by atoms with Gasteiger partial charge in [-0.05, 0) is 24.1 Å². The third-order valence-corrected chi connectivity index (χ3v) is 3.10. The second kappa shape index (κ2) is 4.97. The molecule has 0 spiro atoms. The number of hydrogen-bond donors (Lipinski definition) is 0. The second-order valence-corrected chi connectivity index (χ2v) is 4.72. The van der Waals surface area contributed by atoms with Crippen molar-refractivity contribution in [2.75, 3.05) is 13.9 Å². The van der Waals surface area contributed by atoms with Gasteiger partial charge in [0.15, 0.2) is 6.79 Å². The normalized spacial score (nSPS) is 14.8. The average Bonchev–Trinajstić information content (AvgIpc) is 2.26. The molecule has 0 unspecified atom stereocenters. The minimum absolute atomic E-state index is 0.205. The Morgan fingerprint density at radius 3 is 2.94 bits per heavy atom. The smallest absolute Gasteiger partial charge is 0.188 e. The van der Waals surface area contributed by atoms with E-state index in [0.29, 0.717) is 12.8 Å². The molecule has 2 rings (SSSR count). The van der Waals surface area contributed by atoms with E-state index in [0.717, 1.165) is 22.2 Å². The molecule has 0 fully saturated rings. The zero-order valence-corrected chi connectivity index (χ0v) is 10.7. The van der Waals surface area contributed by atoms with Gasteiger partial charge in [-0.25, -0.2) is 0 Å². The molecule has 1 aliphatic carbocycles. The Balaban J connectivity index is 2.35. The van der Waals surface area contributed by atoms with E-state index in [2.05, 4.69) is 22.0 Å². The predicted molar refractivity (Wildman–Crippen MR) is 63.7 cm³/mol. The van der Waals surface area contributed by atoms with Crippen molar-refractivity contribution in [1.29, 1.82) is 0 Å². The Hall–Kier alpha value is -0.870. The molecule has 0 heterocycles. The monoisotopic (exact) mass is 284 g/mol. The van der Waals surface area contributed by atoms with Crippen LogP contribution in [-0.2, 0) is 22.4 Å². The van der Waals surface area contributed by atoms with Crippen molar-refractivity contribution in [1.82, 2.24) is 0 Å². The number of carbonyl (C=O) groups is 1. The zero-order chi connectivity index (χ0) is 11.5. The van der Waals surface area contributed by atoms with E-state index in [4.69, 9.17) is 9.47 Å². The molecule has 1 aromatic rings. The Kier molecular flexibility index (Phi) is 3.61. The average molecular weight is 285 g/mol. The molecular formula is C12H13BrO3. The summed E-state index contributed by atoms with van der Waals surface area (Å²) in [6.45, 7) is 0.205. The predicted octanol–water partition coefficient (Wildman–Crippen LogP) is 2.49. The summed E-state index contributed by atoms with van der Waals surface area (Å²) in [6.07, 6.45) is 1.91. The van der Waals surface area contributed by atoms with Gasteiger partial charge in [-0.3, -0.25) is 4.79 Å². The number of fused-ring (bicyclic) bond motifs is 1. The van der Waals surface area contributed by atoms with E-state index in [9.17, 15) is 4.79 Å². The Morgan fingerprint density at radius 1 is 1.38 bits per heavy atom. The Labute approximate surface area is 103 Å². The highest BCUT2D eigenvalue weighted by atomic mass is 79.9. The molecular weight excluding hydrogens is 272 g/mol. The van der Waals surface area contributed by atoms with Crippen LogP contribution in [0.4, 0.5) is 0 Å². The minimum atomic E-state index is 0.205. The molecule has 0 atom stereocenters. The third kappa shape index (κ3) is 2.44. The number of rotatable bonds is 3. The van der Waals surface area contributed by atoms with Gasteiger partial charge in [-0.1, -0.05) is 15.9 Å². The maximum absolute atomic E-state index is 11.4. The van der Waals surface area contributed by atoms with Crippen LogP contribution in [0.25, 0.3) is 0 Å². The van der Waals surface area contributed by atoms with E-state index < -0.39 is 0 Å². The fourth-order valence-corrected chi connectivity index (χ4v) is 2.38. The quantitative estimate of drug-likeness (QED) is 0.800. The molecule has 4 heteroatoms. The molecule has 0 aliphatic heterocycles. The van der Waals surface area contributed by atoms with Gasteiger partial charge in [0.05, 0.1) is 0 Å². The first-order valence-electron chi connectivity index (χ1n) is 5.15. The molecule has 86 valence electrons. The van der Waals surface area contributed by atoms with Gasteiger partial charge in [0.2, 0.25) is 0 Å². The number of Topliss-reactive ketones (excluding diaryl/α,β-unsaturated/α-hetero) is 1. The fourth-order valence-electron chi connectivity index (χ4n) is 1.90. The number of methoxy groups -OCH3 is 1. The number of carbonyl (C=O) groups excluding carboxylic acids is 1. The molecule has 0 N–H and O–H groups in total. The topological polar surface area (TPSA) is 35.5 Å². The lowest BCUT2D eigenvalue weighted by molar-refractivity contribution is -0.118. The molecule has 0 amide bonds. The first-order valence-corrected chi connectivity index (χ1v) is 5.94. The zero-order valence-electron chi connectivity index (χ0n) is 9.09. The van der Waals surface area contributed by atoms with Crippen molar-refractivity contribution in [3.63, 3.8) is 0 Å². The number of halogens is 1. The second-order valence-electron chi connectivity index (χ2n) is 3.81. The van der Waals surface area contributed by atoms with E-state index >= 15 is 0 Å². The Bertz CT molecular complexity index is 415. The third-order valence-electron chi connectivity index (χ3n) is 2.65. The molecule has 0 radical (unpaired) electrons. The van der Waals surface area contributed by atoms with Crippen molar-refractivity contribution >= 4 is 21.7 Å². The molecule has 0 saturated carbocycles. The summed E-state index contributed by atoms with van der Waals surface area (Å²) < 4.78 is 11.3. The van der Waals surface area contributed by atoms with E-state index in [-0.39, 0.29) is 12.6 Å². The number of aryl methyl sites for hydroxylation is 1. The number of ketones is 1. The first-order chi connectivity index (χ1) is 7.70. The highest BCUT2D eigenvalue weighted by molar-refractivity contribution is 9.10. The van der Waals surface area contributed by atoms with Crippen LogP contribution in [0, 0.1) is 0 Å². The van der Waals surface area contributed by atoms with Crippen molar-refractivity contribution in [3.8, 4) is 5.75 Å². The summed E-state index contributed by atoms with van der Waals surface area (Å²) in [4.78, 5) is 11.4. The van der Waals surface area contributed by atoms with Crippen LogP contribution in [0.15, 0.2) is 16.6 Å². The highest BCUT2D eigenvalue weighted by Gasteiger charge is 2.20. The number of ether oxygens (including phenoxy) is 2. The Morgan fingerprint density at radius 2 is 2.19 bits per heavy atom. The molecule has 0 saturated heterocycles. The maximum atomic E-state index is 11.4. The molecule has 1 aromatic carbocycles. The standard InChI is InChI=1S/C12H13BrO3/c1-15-7-16-12-5-9(13)4-8-2-3-10(14)6-11(8)12/h4-5H,2-3,6-7H2,1H3. The van der Waals surface area contributed by atoms with Gasteiger partial charge in [0.1, 0.15) is 11.5 Å². The SMILES string of the molecule is COCOc1cc(Br)cc2c1CC(=O)CC2. The van der Waals surface area contributed by atoms with Gasteiger partial charge in [0, 0.05) is 30.0 Å². The summed E-state index contributed by atoms with van der Waals surface area (Å²) in [6, 6.07) is 3.94. The summed E-state index contributed by atoms with van der Waals surface area (Å²) in [5, 5.41) is 0. The van der Waals surface area contributed by atoms with Gasteiger partial charge in [-0.15, -0.1) is 0 Å². The van der Waals surface area contributed by atoms with Gasteiger partial charge in [0.25, 0.3) is 0 Å². The number of benzene rings is 1. The molecule has 1 aliphatic rings. The van der Waals surface area contributed by atoms with E-state index in [1.54, 1.807) is 7.11 Å². The van der Waals surface area contributed by atoms with Gasteiger partial charge in [-0.2, -0.15) is 0 Å². The van der Waals surface area contributed by atoms with Gasteiger partial charge < -0.3 is 9.47 Å². The molecule has 0 bridgehead atoms. The van der Waals surface area contributed by atoms with Crippen molar-refractivity contribution < 1.29 is 14.3 Å². The lowest BCUT2D eigenvalue weighted by Crippen LogP contribution is -2.15. The van der Waals surface area contributed by atoms with Crippen molar-refractivity contribution in [2.24, 2.45) is 0 Å². The molecule has 16 heavy (non-hydrogen) atoms. The fraction of sp³-hybridized carbons (Fsp3) is 0.417. The molecule has 0 aromatic heterocycles. The van der Waals surface area contributed by atoms with Gasteiger partial charge >= 0.3 is 0 Å². The van der Waals surface area contributed by atoms with Crippen LogP contribution in [0.3, 0.4) is 0 Å². The highest BCUT2D eigenvalue weighted by Crippen LogP contribution is 2.32. The lowest BCUT2D eigenvalue weighted by Gasteiger charge is -2.19. The molecule has 3 nitrogen and oxygen atoms in total. The van der Waals surface area contributed by atoms with Crippen LogP contribution < -0.4 is 4.74 Å². The first kappa shape index (κ1) is 11.6. The minimum Gasteiger partial charge on any atom is -0.467 e. The number of hydrogen-bond acceptors (Lipinski definition) is 3. The van der Waals surface area contributed by atoms with Crippen LogP contribution in [0.2, 0.25) is 0 Å². The lowest BCUT2D eigenvalue weighted by atomic mass is 9.90. The van der Waals surface area contributed by atoms with Crippen LogP contribution >= 0.6 is 15.9 Å². The van der Waals surface area contributed by atoms with Crippen LogP contribution in [-0.4, -0.2) is 19.7 Å². The summed E-state index contributed by atoms with van der Waals surface area (Å²) in [7, 11) is 1.58. The van der Waals surface area contributed by atoms with Crippen LogP contribution in [0.1, 0.15) is 17.5 Å². The van der Waals surface area contributed by atoms with Crippen molar-refractivity contribution in [3.05, 3.63) is 27.7 Å². The summed E-state index contributed by atoms with van der Waals surface area (Å²) in [5.74, 6) is 1.02. The van der Waals surface area contributed by atoms with E-state index in [1.165, 1.54) is 5.56 Å². The van der Waals surface area contributed by atoms with Crippen molar-refractivity contribution in [2.45, 2.75) is 19.3 Å². The van der Waals surface area contributed by atoms with Crippen LogP contribution in [0.5, 0.6) is 5.75 Å². The van der Waals surface area contributed by atoms with E-state index in [1.807, 2.05) is 6.07 Å². The summed E-state index contributed by atoms with van der Waals surface area (Å²) in [5.41, 5.74) is 2.21.